The zero-order valence-corrected chi connectivity index (χ0v) is 11.1. The van der Waals surface area contributed by atoms with Crippen LogP contribution in [0.5, 0.6) is 5.75 Å². The topological polar surface area (TPSA) is 39.2 Å². The van der Waals surface area contributed by atoms with E-state index in [1.165, 1.54) is 30.5 Å². The zero-order chi connectivity index (χ0) is 13.8. The highest BCUT2D eigenvalue weighted by Crippen LogP contribution is 2.26. The van der Waals surface area contributed by atoms with Gasteiger partial charge in [0.15, 0.2) is 0 Å². The van der Waals surface area contributed by atoms with Crippen LogP contribution in [0.2, 0.25) is 0 Å². The van der Waals surface area contributed by atoms with Gasteiger partial charge in [-0.2, -0.15) is 8.78 Å². The molecule has 2 aromatic rings. The van der Waals surface area contributed by atoms with Crippen molar-refractivity contribution in [2.75, 3.05) is 0 Å². The van der Waals surface area contributed by atoms with Gasteiger partial charge in [0.1, 0.15) is 11.4 Å². The second-order valence-corrected chi connectivity index (χ2v) is 4.48. The number of carbonyl (C=O) groups is 1. The molecule has 0 aliphatic carbocycles. The van der Waals surface area contributed by atoms with E-state index in [4.69, 9.17) is 0 Å². The number of halogens is 3. The van der Waals surface area contributed by atoms with E-state index >= 15 is 0 Å². The van der Waals surface area contributed by atoms with Crippen LogP contribution in [0.25, 0.3) is 0 Å². The van der Waals surface area contributed by atoms with E-state index in [0.29, 0.717) is 4.47 Å². The molecule has 19 heavy (non-hydrogen) atoms. The highest BCUT2D eigenvalue weighted by Gasteiger charge is 2.18. The van der Waals surface area contributed by atoms with Crippen molar-refractivity contribution in [3.8, 4) is 5.75 Å². The van der Waals surface area contributed by atoms with Crippen molar-refractivity contribution in [2.24, 2.45) is 0 Å². The number of aromatic nitrogens is 1. The molecule has 0 saturated carbocycles. The van der Waals surface area contributed by atoms with E-state index in [0.717, 1.165) is 0 Å². The maximum absolute atomic E-state index is 12.3. The Bertz CT molecular complexity index is 590. The number of hydrogen-bond acceptors (Lipinski definition) is 3. The molecule has 2 rings (SSSR count). The minimum absolute atomic E-state index is 0.0355. The molecular weight excluding hydrogens is 320 g/mol. The zero-order valence-electron chi connectivity index (χ0n) is 9.52. The Morgan fingerprint density at radius 2 is 2.05 bits per heavy atom. The molecular formula is C13H8BrF2NO2. The summed E-state index contributed by atoms with van der Waals surface area (Å²) in [6, 6.07) is 9.07. The van der Waals surface area contributed by atoms with Gasteiger partial charge < -0.3 is 4.74 Å². The van der Waals surface area contributed by atoms with Gasteiger partial charge in [0, 0.05) is 10.7 Å². The Kier molecular flexibility index (Phi) is 4.21. The van der Waals surface area contributed by atoms with Gasteiger partial charge >= 0.3 is 6.61 Å². The molecule has 1 aromatic heterocycles. The van der Waals surface area contributed by atoms with Gasteiger partial charge in [0.2, 0.25) is 5.78 Å². The number of ether oxygens (including phenoxy) is 1. The van der Waals surface area contributed by atoms with Crippen molar-refractivity contribution in [1.82, 2.24) is 4.98 Å². The number of pyridine rings is 1. The second kappa shape index (κ2) is 5.88. The van der Waals surface area contributed by atoms with Crippen LogP contribution in [-0.2, 0) is 0 Å². The predicted molar refractivity (Wildman–Crippen MR) is 68.4 cm³/mol. The van der Waals surface area contributed by atoms with E-state index in [-0.39, 0.29) is 17.0 Å². The van der Waals surface area contributed by atoms with Crippen LogP contribution in [0.3, 0.4) is 0 Å². The molecule has 0 radical (unpaired) electrons. The third-order valence-electron chi connectivity index (χ3n) is 2.30. The van der Waals surface area contributed by atoms with Gasteiger partial charge in [0.05, 0.1) is 5.56 Å². The monoisotopic (exact) mass is 327 g/mol. The lowest BCUT2D eigenvalue weighted by Crippen LogP contribution is -2.10. The van der Waals surface area contributed by atoms with Crippen LogP contribution in [0, 0.1) is 0 Å². The molecule has 0 bridgehead atoms. The molecule has 0 fully saturated rings. The molecule has 0 saturated heterocycles. The van der Waals surface area contributed by atoms with Crippen molar-refractivity contribution < 1.29 is 18.3 Å². The molecule has 0 aliphatic heterocycles. The molecule has 6 heteroatoms. The van der Waals surface area contributed by atoms with Crippen molar-refractivity contribution in [3.63, 3.8) is 0 Å². The fourth-order valence-corrected chi connectivity index (χ4v) is 1.87. The molecule has 0 atom stereocenters. The smallest absolute Gasteiger partial charge is 0.387 e. The molecule has 1 heterocycles. The highest BCUT2D eigenvalue weighted by molar-refractivity contribution is 9.10. The van der Waals surface area contributed by atoms with Gasteiger partial charge in [-0.25, -0.2) is 0 Å². The Labute approximate surface area is 116 Å². The lowest BCUT2D eigenvalue weighted by Gasteiger charge is -2.10. The fourth-order valence-electron chi connectivity index (χ4n) is 1.51. The summed E-state index contributed by atoms with van der Waals surface area (Å²) in [7, 11) is 0. The van der Waals surface area contributed by atoms with Crippen LogP contribution in [0.4, 0.5) is 8.78 Å². The van der Waals surface area contributed by atoms with Gasteiger partial charge in [-0.3, -0.25) is 9.78 Å². The normalized spacial score (nSPS) is 10.5. The third-order valence-corrected chi connectivity index (χ3v) is 2.79. The Balaban J connectivity index is 2.43. The van der Waals surface area contributed by atoms with Crippen LogP contribution in [0.1, 0.15) is 16.1 Å². The quantitative estimate of drug-likeness (QED) is 0.804. The third kappa shape index (κ3) is 3.35. The summed E-state index contributed by atoms with van der Waals surface area (Å²) in [5, 5.41) is 0. The van der Waals surface area contributed by atoms with E-state index < -0.39 is 12.4 Å². The molecule has 0 N–H and O–H groups in total. The molecule has 1 aromatic carbocycles. The summed E-state index contributed by atoms with van der Waals surface area (Å²) in [6.45, 7) is -2.99. The number of alkyl halides is 2. The van der Waals surface area contributed by atoms with E-state index in [1.54, 1.807) is 12.1 Å². The van der Waals surface area contributed by atoms with Crippen LogP contribution < -0.4 is 4.74 Å². The minimum Gasteiger partial charge on any atom is -0.434 e. The van der Waals surface area contributed by atoms with Gasteiger partial charge in [0.25, 0.3) is 0 Å². The first-order valence-electron chi connectivity index (χ1n) is 5.28. The summed E-state index contributed by atoms with van der Waals surface area (Å²) in [6.07, 6.45) is 1.46. The van der Waals surface area contributed by atoms with Gasteiger partial charge in [-0.15, -0.1) is 0 Å². The van der Waals surface area contributed by atoms with E-state index in [2.05, 4.69) is 25.7 Å². The molecule has 0 unspecified atom stereocenters. The lowest BCUT2D eigenvalue weighted by atomic mass is 10.1. The lowest BCUT2D eigenvalue weighted by molar-refractivity contribution is -0.0501. The number of rotatable bonds is 4. The van der Waals surface area contributed by atoms with Crippen molar-refractivity contribution in [2.45, 2.75) is 6.61 Å². The number of carbonyl (C=O) groups excluding carboxylic acids is 1. The Morgan fingerprint density at radius 1 is 1.26 bits per heavy atom. The largest absolute Gasteiger partial charge is 0.434 e. The summed E-state index contributed by atoms with van der Waals surface area (Å²) in [5.74, 6) is -0.647. The first-order valence-corrected chi connectivity index (χ1v) is 6.07. The fraction of sp³-hybridized carbons (Fsp3) is 0.0769. The van der Waals surface area contributed by atoms with Crippen molar-refractivity contribution in [3.05, 3.63) is 58.3 Å². The first-order chi connectivity index (χ1) is 9.08. The maximum Gasteiger partial charge on any atom is 0.387 e. The van der Waals surface area contributed by atoms with Gasteiger partial charge in [-0.05, 0) is 30.3 Å². The maximum atomic E-state index is 12.3. The van der Waals surface area contributed by atoms with E-state index in [1.807, 2.05) is 0 Å². The van der Waals surface area contributed by atoms with Gasteiger partial charge in [-0.1, -0.05) is 22.0 Å². The van der Waals surface area contributed by atoms with Crippen LogP contribution in [-0.4, -0.2) is 17.4 Å². The summed E-state index contributed by atoms with van der Waals surface area (Å²) in [5.41, 5.74) is 0.202. The molecule has 0 aliphatic rings. The minimum atomic E-state index is -2.99. The van der Waals surface area contributed by atoms with E-state index in [9.17, 15) is 13.6 Å². The second-order valence-electron chi connectivity index (χ2n) is 3.56. The molecule has 0 amide bonds. The molecule has 98 valence electrons. The number of hydrogen-bond donors (Lipinski definition) is 0. The molecule has 3 nitrogen and oxygen atoms in total. The average Bonchev–Trinajstić information content (AvgIpc) is 2.40. The highest BCUT2D eigenvalue weighted by atomic mass is 79.9. The van der Waals surface area contributed by atoms with Crippen molar-refractivity contribution in [1.29, 1.82) is 0 Å². The molecule has 0 spiro atoms. The first kappa shape index (κ1) is 13.6. The standard InChI is InChI=1S/C13H8BrF2NO2/c14-8-4-5-11(19-13(15)16)9(7-8)12(18)10-3-1-2-6-17-10/h1-7,13H. The van der Waals surface area contributed by atoms with Crippen LogP contribution in [0.15, 0.2) is 47.1 Å². The number of ketones is 1. The SMILES string of the molecule is O=C(c1ccccn1)c1cc(Br)ccc1OC(F)F. The predicted octanol–water partition coefficient (Wildman–Crippen LogP) is 3.68. The Morgan fingerprint density at radius 3 is 2.68 bits per heavy atom. The number of nitrogens with zero attached hydrogens (tertiary/aromatic N) is 1. The Hall–Kier alpha value is -1.82. The average molecular weight is 328 g/mol. The summed E-state index contributed by atoms with van der Waals surface area (Å²) >= 11 is 3.19. The number of benzene rings is 1. The van der Waals surface area contributed by atoms with Crippen molar-refractivity contribution >= 4 is 21.7 Å². The summed E-state index contributed by atoms with van der Waals surface area (Å²) < 4.78 is 29.5. The van der Waals surface area contributed by atoms with Crippen LogP contribution >= 0.6 is 15.9 Å². The summed E-state index contributed by atoms with van der Waals surface area (Å²) in [4.78, 5) is 16.1.